The molecule has 1 aromatic carbocycles. The molecule has 1 heterocycles. The standard InChI is InChI=1S/C15H23ClN4/c1-2-3-8-18-15(17)20-11-9-19(10-12-20)14-6-4-13(16)5-7-14/h4-7H,2-3,8-12H2,1H3,(H2,17,18). The summed E-state index contributed by atoms with van der Waals surface area (Å²) < 4.78 is 0. The number of benzene rings is 1. The average molecular weight is 295 g/mol. The molecule has 0 spiro atoms. The monoisotopic (exact) mass is 294 g/mol. The van der Waals surface area contributed by atoms with Gasteiger partial charge in [-0.2, -0.15) is 0 Å². The molecule has 0 amide bonds. The minimum atomic E-state index is 0.689. The Labute approximate surface area is 126 Å². The van der Waals surface area contributed by atoms with Crippen LogP contribution in [0.4, 0.5) is 5.69 Å². The number of hydrogen-bond donors (Lipinski definition) is 1. The molecule has 2 N–H and O–H groups in total. The van der Waals surface area contributed by atoms with Gasteiger partial charge in [0.05, 0.1) is 0 Å². The molecule has 5 heteroatoms. The molecule has 1 fully saturated rings. The molecular weight excluding hydrogens is 272 g/mol. The van der Waals surface area contributed by atoms with Crippen LogP contribution in [0, 0.1) is 0 Å². The molecule has 1 aliphatic rings. The second-order valence-electron chi connectivity index (χ2n) is 5.04. The van der Waals surface area contributed by atoms with Crippen LogP contribution in [-0.2, 0) is 0 Å². The molecule has 4 nitrogen and oxygen atoms in total. The highest BCUT2D eigenvalue weighted by Crippen LogP contribution is 2.19. The van der Waals surface area contributed by atoms with Gasteiger partial charge < -0.3 is 15.5 Å². The van der Waals surface area contributed by atoms with Gasteiger partial charge in [-0.05, 0) is 30.7 Å². The third-order valence-corrected chi connectivity index (χ3v) is 3.83. The van der Waals surface area contributed by atoms with Gasteiger partial charge in [0.15, 0.2) is 5.96 Å². The average Bonchev–Trinajstić information content (AvgIpc) is 2.48. The van der Waals surface area contributed by atoms with E-state index < -0.39 is 0 Å². The van der Waals surface area contributed by atoms with Gasteiger partial charge in [0.25, 0.3) is 0 Å². The van der Waals surface area contributed by atoms with Gasteiger partial charge in [0.2, 0.25) is 0 Å². The molecule has 0 atom stereocenters. The Hall–Kier alpha value is -1.42. The Morgan fingerprint density at radius 3 is 2.45 bits per heavy atom. The third kappa shape index (κ3) is 4.04. The highest BCUT2D eigenvalue weighted by Gasteiger charge is 2.18. The van der Waals surface area contributed by atoms with Crippen LogP contribution in [0.1, 0.15) is 19.8 Å². The van der Waals surface area contributed by atoms with Gasteiger partial charge in [-0.1, -0.05) is 24.9 Å². The SMILES string of the molecule is CCCCN=C(N)N1CCN(c2ccc(Cl)cc2)CC1. The normalized spacial score (nSPS) is 16.6. The first-order valence-corrected chi connectivity index (χ1v) is 7.64. The summed E-state index contributed by atoms with van der Waals surface area (Å²) in [5.41, 5.74) is 7.25. The largest absolute Gasteiger partial charge is 0.370 e. The molecule has 1 aromatic rings. The lowest BCUT2D eigenvalue weighted by Crippen LogP contribution is -2.51. The second-order valence-corrected chi connectivity index (χ2v) is 5.48. The van der Waals surface area contributed by atoms with Crippen molar-refractivity contribution in [2.75, 3.05) is 37.6 Å². The summed E-state index contributed by atoms with van der Waals surface area (Å²) in [6.45, 7) is 6.77. The van der Waals surface area contributed by atoms with E-state index in [4.69, 9.17) is 17.3 Å². The van der Waals surface area contributed by atoms with E-state index in [0.717, 1.165) is 50.6 Å². The number of aliphatic imine (C=N–C) groups is 1. The van der Waals surface area contributed by atoms with Gasteiger partial charge in [-0.15, -0.1) is 0 Å². The number of anilines is 1. The van der Waals surface area contributed by atoms with Crippen molar-refractivity contribution in [2.45, 2.75) is 19.8 Å². The first kappa shape index (κ1) is 15.0. The Kier molecular flexibility index (Phi) is 5.53. The fourth-order valence-corrected chi connectivity index (χ4v) is 2.42. The fourth-order valence-electron chi connectivity index (χ4n) is 2.30. The molecule has 0 aromatic heterocycles. The Morgan fingerprint density at radius 2 is 1.85 bits per heavy atom. The van der Waals surface area contributed by atoms with E-state index in [-0.39, 0.29) is 0 Å². The van der Waals surface area contributed by atoms with Crippen molar-refractivity contribution >= 4 is 23.2 Å². The van der Waals surface area contributed by atoms with Gasteiger partial charge in [-0.3, -0.25) is 4.99 Å². The second kappa shape index (κ2) is 7.39. The summed E-state index contributed by atoms with van der Waals surface area (Å²) in [4.78, 5) is 8.95. The maximum absolute atomic E-state index is 6.03. The summed E-state index contributed by atoms with van der Waals surface area (Å²) in [7, 11) is 0. The first-order valence-electron chi connectivity index (χ1n) is 7.26. The summed E-state index contributed by atoms with van der Waals surface area (Å²) in [5.74, 6) is 0.689. The van der Waals surface area contributed by atoms with Crippen molar-refractivity contribution in [3.63, 3.8) is 0 Å². The summed E-state index contributed by atoms with van der Waals surface area (Å²) >= 11 is 5.92. The van der Waals surface area contributed by atoms with Crippen LogP contribution in [0.5, 0.6) is 0 Å². The summed E-state index contributed by atoms with van der Waals surface area (Å²) in [6.07, 6.45) is 2.26. The van der Waals surface area contributed by atoms with Crippen LogP contribution >= 0.6 is 11.6 Å². The van der Waals surface area contributed by atoms with Crippen molar-refractivity contribution in [1.82, 2.24) is 4.90 Å². The molecule has 0 aliphatic carbocycles. The fraction of sp³-hybridized carbons (Fsp3) is 0.533. The smallest absolute Gasteiger partial charge is 0.191 e. The van der Waals surface area contributed by atoms with Crippen LogP contribution in [0.2, 0.25) is 5.02 Å². The molecular formula is C15H23ClN4. The van der Waals surface area contributed by atoms with Crippen LogP contribution in [0.15, 0.2) is 29.3 Å². The lowest BCUT2D eigenvalue weighted by molar-refractivity contribution is 0.380. The Balaban J connectivity index is 1.85. The number of piperazine rings is 1. The van der Waals surface area contributed by atoms with Gasteiger partial charge in [0.1, 0.15) is 0 Å². The van der Waals surface area contributed by atoms with Crippen LogP contribution in [0.3, 0.4) is 0 Å². The van der Waals surface area contributed by atoms with Gasteiger partial charge in [-0.25, -0.2) is 0 Å². The number of guanidine groups is 1. The highest BCUT2D eigenvalue weighted by atomic mass is 35.5. The van der Waals surface area contributed by atoms with Crippen molar-refractivity contribution in [3.05, 3.63) is 29.3 Å². The number of hydrogen-bond acceptors (Lipinski definition) is 2. The van der Waals surface area contributed by atoms with Crippen molar-refractivity contribution < 1.29 is 0 Å². The number of nitrogens with two attached hydrogens (primary N) is 1. The molecule has 0 saturated carbocycles. The van der Waals surface area contributed by atoms with E-state index in [0.29, 0.717) is 5.96 Å². The number of halogens is 1. The van der Waals surface area contributed by atoms with Crippen LogP contribution in [0.25, 0.3) is 0 Å². The molecule has 20 heavy (non-hydrogen) atoms. The van der Waals surface area contributed by atoms with E-state index in [1.165, 1.54) is 5.69 Å². The Morgan fingerprint density at radius 1 is 1.20 bits per heavy atom. The molecule has 110 valence electrons. The summed E-state index contributed by atoms with van der Waals surface area (Å²) in [5, 5.41) is 0.777. The zero-order valence-corrected chi connectivity index (χ0v) is 12.8. The highest BCUT2D eigenvalue weighted by molar-refractivity contribution is 6.30. The molecule has 1 saturated heterocycles. The molecule has 1 aliphatic heterocycles. The van der Waals surface area contributed by atoms with Crippen molar-refractivity contribution in [1.29, 1.82) is 0 Å². The number of unbranched alkanes of at least 4 members (excludes halogenated alkanes) is 1. The van der Waals surface area contributed by atoms with Crippen LogP contribution < -0.4 is 10.6 Å². The number of rotatable bonds is 4. The lowest BCUT2D eigenvalue weighted by Gasteiger charge is -2.36. The van der Waals surface area contributed by atoms with Gasteiger partial charge >= 0.3 is 0 Å². The topological polar surface area (TPSA) is 44.9 Å². The predicted molar refractivity (Wildman–Crippen MR) is 86.6 cm³/mol. The first-order chi connectivity index (χ1) is 9.70. The van der Waals surface area contributed by atoms with E-state index in [2.05, 4.69) is 33.8 Å². The van der Waals surface area contributed by atoms with E-state index in [1.54, 1.807) is 0 Å². The molecule has 0 radical (unpaired) electrons. The van der Waals surface area contributed by atoms with Crippen molar-refractivity contribution in [3.8, 4) is 0 Å². The van der Waals surface area contributed by atoms with Crippen LogP contribution in [-0.4, -0.2) is 43.6 Å². The quantitative estimate of drug-likeness (QED) is 0.527. The van der Waals surface area contributed by atoms with E-state index >= 15 is 0 Å². The lowest BCUT2D eigenvalue weighted by atomic mass is 10.2. The summed E-state index contributed by atoms with van der Waals surface area (Å²) in [6, 6.07) is 8.00. The predicted octanol–water partition coefficient (Wildman–Crippen LogP) is 2.58. The molecule has 0 bridgehead atoms. The zero-order chi connectivity index (χ0) is 14.4. The zero-order valence-electron chi connectivity index (χ0n) is 12.1. The minimum Gasteiger partial charge on any atom is -0.370 e. The Bertz CT molecular complexity index is 436. The minimum absolute atomic E-state index is 0.689. The third-order valence-electron chi connectivity index (χ3n) is 3.58. The number of nitrogens with zero attached hydrogens (tertiary/aromatic N) is 3. The van der Waals surface area contributed by atoms with E-state index in [9.17, 15) is 0 Å². The van der Waals surface area contributed by atoms with Gasteiger partial charge in [0, 0.05) is 43.4 Å². The van der Waals surface area contributed by atoms with E-state index in [1.807, 2.05) is 12.1 Å². The van der Waals surface area contributed by atoms with Crippen molar-refractivity contribution in [2.24, 2.45) is 10.7 Å². The maximum atomic E-state index is 6.03. The maximum Gasteiger partial charge on any atom is 0.191 e. The molecule has 0 unspecified atom stereocenters. The molecule has 2 rings (SSSR count).